The largest absolute Gasteiger partial charge is 0.480 e. The molecule has 1 rings (SSSR count). The van der Waals surface area contributed by atoms with Crippen LogP contribution in [-0.2, 0) is 4.79 Å². The summed E-state index contributed by atoms with van der Waals surface area (Å²) in [6.07, 6.45) is -0.0706. The van der Waals surface area contributed by atoms with Crippen molar-refractivity contribution in [3.05, 3.63) is 33.8 Å². The van der Waals surface area contributed by atoms with E-state index in [2.05, 4.69) is 10.6 Å². The quantitative estimate of drug-likeness (QED) is 0.640. The van der Waals surface area contributed by atoms with Gasteiger partial charge in [-0.15, -0.1) is 0 Å². The molecule has 21 heavy (non-hydrogen) atoms. The lowest BCUT2D eigenvalue weighted by Crippen LogP contribution is -2.47. The molecule has 0 fully saturated rings. The average molecular weight is 335 g/mol. The standard InChI is InChI=1S/C13H16Cl2N2O4/c1-7(9-3-2-8(14)6-10(9)15)16-13(21)17-11(4-5-18)12(19)20/h2-3,6-7,11,18H,4-5H2,1H3,(H,19,20)(H2,16,17,21)/t7?,11-/m1/s1. The maximum atomic E-state index is 11.8. The molecule has 0 aromatic heterocycles. The highest BCUT2D eigenvalue weighted by Crippen LogP contribution is 2.25. The first-order valence-electron chi connectivity index (χ1n) is 6.20. The normalized spacial score (nSPS) is 13.3. The molecule has 1 unspecified atom stereocenters. The maximum absolute atomic E-state index is 11.8. The summed E-state index contributed by atoms with van der Waals surface area (Å²) in [4.78, 5) is 22.6. The smallest absolute Gasteiger partial charge is 0.326 e. The molecule has 6 nitrogen and oxygen atoms in total. The summed E-state index contributed by atoms with van der Waals surface area (Å²) >= 11 is 11.8. The Morgan fingerprint density at radius 1 is 1.29 bits per heavy atom. The molecule has 0 radical (unpaired) electrons. The summed E-state index contributed by atoms with van der Waals surface area (Å²) < 4.78 is 0. The number of benzene rings is 1. The molecule has 0 saturated heterocycles. The minimum absolute atomic E-state index is 0.0706. The average Bonchev–Trinajstić information content (AvgIpc) is 2.37. The van der Waals surface area contributed by atoms with Gasteiger partial charge in [0.1, 0.15) is 6.04 Å². The van der Waals surface area contributed by atoms with Gasteiger partial charge < -0.3 is 20.8 Å². The van der Waals surface area contributed by atoms with Gasteiger partial charge in [-0.3, -0.25) is 0 Å². The van der Waals surface area contributed by atoms with Crippen molar-refractivity contribution in [2.45, 2.75) is 25.4 Å². The number of aliphatic hydroxyl groups excluding tert-OH is 1. The molecule has 0 aliphatic heterocycles. The fourth-order valence-electron chi connectivity index (χ4n) is 1.71. The molecule has 4 N–H and O–H groups in total. The lowest BCUT2D eigenvalue weighted by Gasteiger charge is -2.19. The van der Waals surface area contributed by atoms with E-state index in [4.69, 9.17) is 33.4 Å². The number of amides is 2. The minimum atomic E-state index is -1.21. The predicted molar refractivity (Wildman–Crippen MR) is 79.7 cm³/mol. The van der Waals surface area contributed by atoms with Gasteiger partial charge in [0.2, 0.25) is 0 Å². The zero-order chi connectivity index (χ0) is 16.0. The second-order valence-corrected chi connectivity index (χ2v) is 5.25. The third-order valence-electron chi connectivity index (χ3n) is 2.80. The van der Waals surface area contributed by atoms with Crippen LogP contribution in [0.15, 0.2) is 18.2 Å². The topological polar surface area (TPSA) is 98.7 Å². The number of hydrogen-bond donors (Lipinski definition) is 4. The Morgan fingerprint density at radius 3 is 2.48 bits per heavy atom. The first-order chi connectivity index (χ1) is 9.85. The molecule has 0 saturated carbocycles. The van der Waals surface area contributed by atoms with Crippen LogP contribution in [0.25, 0.3) is 0 Å². The summed E-state index contributed by atoms with van der Waals surface area (Å²) in [6.45, 7) is 1.37. The monoisotopic (exact) mass is 334 g/mol. The lowest BCUT2D eigenvalue weighted by molar-refractivity contribution is -0.139. The summed E-state index contributed by atoms with van der Waals surface area (Å²) in [5.74, 6) is -1.21. The number of halogens is 2. The molecule has 116 valence electrons. The third-order valence-corrected chi connectivity index (χ3v) is 3.36. The summed E-state index contributed by atoms with van der Waals surface area (Å²) in [6, 6.07) is 2.64. The van der Waals surface area contributed by atoms with E-state index in [1.165, 1.54) is 0 Å². The van der Waals surface area contributed by atoms with Crippen molar-refractivity contribution in [1.29, 1.82) is 0 Å². The predicted octanol–water partition coefficient (Wildman–Crippen LogP) is 2.19. The van der Waals surface area contributed by atoms with Crippen LogP contribution >= 0.6 is 23.2 Å². The number of carbonyl (C=O) groups excluding carboxylic acids is 1. The van der Waals surface area contributed by atoms with Crippen LogP contribution < -0.4 is 10.6 Å². The number of rotatable bonds is 6. The SMILES string of the molecule is CC(NC(=O)N[C@H](CCO)C(=O)O)c1ccc(Cl)cc1Cl. The van der Waals surface area contributed by atoms with Crippen LogP contribution in [0.5, 0.6) is 0 Å². The number of urea groups is 1. The molecular weight excluding hydrogens is 319 g/mol. The van der Waals surface area contributed by atoms with Crippen molar-refractivity contribution in [2.24, 2.45) is 0 Å². The zero-order valence-electron chi connectivity index (χ0n) is 11.3. The van der Waals surface area contributed by atoms with Crippen molar-refractivity contribution < 1.29 is 19.8 Å². The molecule has 0 bridgehead atoms. The van der Waals surface area contributed by atoms with Crippen LogP contribution in [-0.4, -0.2) is 34.9 Å². The summed E-state index contributed by atoms with van der Waals surface area (Å²) in [5, 5.41) is 23.4. The fourth-order valence-corrected chi connectivity index (χ4v) is 2.29. The Labute approximate surface area is 132 Å². The number of nitrogens with one attached hydrogen (secondary N) is 2. The Morgan fingerprint density at radius 2 is 1.95 bits per heavy atom. The molecule has 2 atom stereocenters. The summed E-state index contributed by atoms with van der Waals surface area (Å²) in [5.41, 5.74) is 0.658. The molecule has 2 amide bonds. The van der Waals surface area contributed by atoms with Crippen molar-refractivity contribution in [1.82, 2.24) is 10.6 Å². The van der Waals surface area contributed by atoms with Crippen molar-refractivity contribution >= 4 is 35.2 Å². The van der Waals surface area contributed by atoms with Gasteiger partial charge in [-0.25, -0.2) is 9.59 Å². The number of aliphatic carboxylic acids is 1. The number of hydrogen-bond acceptors (Lipinski definition) is 3. The van der Waals surface area contributed by atoms with Crippen molar-refractivity contribution in [2.75, 3.05) is 6.61 Å². The molecule has 0 aliphatic carbocycles. The lowest BCUT2D eigenvalue weighted by atomic mass is 10.1. The molecule has 8 heteroatoms. The first kappa shape index (κ1) is 17.6. The van der Waals surface area contributed by atoms with Gasteiger partial charge in [0.05, 0.1) is 6.04 Å². The number of carboxylic acid groups (broad SMARTS) is 1. The van der Waals surface area contributed by atoms with E-state index in [1.54, 1.807) is 25.1 Å². The van der Waals surface area contributed by atoms with Crippen molar-refractivity contribution in [3.63, 3.8) is 0 Å². The second-order valence-electron chi connectivity index (χ2n) is 4.41. The number of carboxylic acids is 1. The third kappa shape index (κ3) is 5.41. The van der Waals surface area contributed by atoms with Gasteiger partial charge in [-0.2, -0.15) is 0 Å². The number of carbonyl (C=O) groups is 2. The molecule has 0 heterocycles. The van der Waals surface area contributed by atoms with Crippen molar-refractivity contribution in [3.8, 4) is 0 Å². The Balaban J connectivity index is 2.67. The molecule has 1 aromatic rings. The second kappa shape index (κ2) is 8.07. The maximum Gasteiger partial charge on any atom is 0.326 e. The van der Waals surface area contributed by atoms with Gasteiger partial charge in [0.25, 0.3) is 0 Å². The van der Waals surface area contributed by atoms with E-state index >= 15 is 0 Å². The highest BCUT2D eigenvalue weighted by molar-refractivity contribution is 6.35. The van der Waals surface area contributed by atoms with E-state index in [-0.39, 0.29) is 13.0 Å². The van der Waals surface area contributed by atoms with E-state index in [0.29, 0.717) is 15.6 Å². The van der Waals surface area contributed by atoms with Crippen LogP contribution in [0.1, 0.15) is 24.9 Å². The van der Waals surface area contributed by atoms with E-state index in [0.717, 1.165) is 0 Å². The van der Waals surface area contributed by atoms with Gasteiger partial charge >= 0.3 is 12.0 Å². The van der Waals surface area contributed by atoms with Crippen LogP contribution in [0.4, 0.5) is 4.79 Å². The van der Waals surface area contributed by atoms with Gasteiger partial charge in [0, 0.05) is 23.1 Å². The molecule has 1 aromatic carbocycles. The van der Waals surface area contributed by atoms with E-state index in [1.807, 2.05) is 0 Å². The molecule has 0 spiro atoms. The minimum Gasteiger partial charge on any atom is -0.480 e. The Bertz CT molecular complexity index is 525. The van der Waals surface area contributed by atoms with Crippen LogP contribution in [0, 0.1) is 0 Å². The summed E-state index contributed by atoms with van der Waals surface area (Å²) in [7, 11) is 0. The van der Waals surface area contributed by atoms with E-state index in [9.17, 15) is 9.59 Å². The fraction of sp³-hybridized carbons (Fsp3) is 0.385. The Hall–Kier alpha value is -1.50. The van der Waals surface area contributed by atoms with Crippen LogP contribution in [0.3, 0.4) is 0 Å². The van der Waals surface area contributed by atoms with Gasteiger partial charge in [0.15, 0.2) is 0 Å². The Kier molecular flexibility index (Phi) is 6.74. The zero-order valence-corrected chi connectivity index (χ0v) is 12.8. The molecule has 0 aliphatic rings. The highest BCUT2D eigenvalue weighted by Gasteiger charge is 2.20. The molecular formula is C13H16Cl2N2O4. The number of aliphatic hydroxyl groups is 1. The first-order valence-corrected chi connectivity index (χ1v) is 6.96. The van der Waals surface area contributed by atoms with Crippen LogP contribution in [0.2, 0.25) is 10.0 Å². The van der Waals surface area contributed by atoms with E-state index < -0.39 is 24.1 Å². The van der Waals surface area contributed by atoms with Gasteiger partial charge in [-0.1, -0.05) is 29.3 Å². The highest BCUT2D eigenvalue weighted by atomic mass is 35.5. The van der Waals surface area contributed by atoms with Gasteiger partial charge in [-0.05, 0) is 24.6 Å².